The summed E-state index contributed by atoms with van der Waals surface area (Å²) < 4.78 is 7.33. The average molecular weight is 308 g/mol. The van der Waals surface area contributed by atoms with Crippen molar-refractivity contribution in [2.24, 2.45) is 0 Å². The summed E-state index contributed by atoms with van der Waals surface area (Å²) in [6.45, 7) is 2.64. The number of ether oxygens (including phenoxy) is 1. The van der Waals surface area contributed by atoms with Gasteiger partial charge in [0.1, 0.15) is 5.65 Å². The van der Waals surface area contributed by atoms with E-state index in [9.17, 15) is 0 Å². The Morgan fingerprint density at radius 3 is 3.05 bits per heavy atom. The summed E-state index contributed by atoms with van der Waals surface area (Å²) in [5.74, 6) is 0. The third kappa shape index (κ3) is 3.57. The maximum absolute atomic E-state index is 6.39. The van der Waals surface area contributed by atoms with E-state index in [4.69, 9.17) is 16.3 Å². The molecule has 0 radical (unpaired) electrons. The molecule has 114 valence electrons. The van der Waals surface area contributed by atoms with E-state index in [-0.39, 0.29) is 0 Å². The first-order valence-electron chi connectivity index (χ1n) is 7.64. The Morgan fingerprint density at radius 1 is 1.43 bits per heavy atom. The topological polar surface area (TPSA) is 39.1 Å². The van der Waals surface area contributed by atoms with Crippen LogP contribution in [0.5, 0.6) is 0 Å². The van der Waals surface area contributed by atoms with E-state index in [1.807, 2.05) is 6.07 Å². The summed E-state index contributed by atoms with van der Waals surface area (Å²) in [6.07, 6.45) is 8.72. The lowest BCUT2D eigenvalue weighted by Gasteiger charge is -2.04. The lowest BCUT2D eigenvalue weighted by Crippen LogP contribution is -2.15. The normalized spacial score (nSPS) is 15.0. The van der Waals surface area contributed by atoms with Gasteiger partial charge in [0.15, 0.2) is 0 Å². The van der Waals surface area contributed by atoms with E-state index in [1.54, 1.807) is 13.3 Å². The van der Waals surface area contributed by atoms with E-state index in [2.05, 4.69) is 21.1 Å². The predicted molar refractivity (Wildman–Crippen MR) is 85.7 cm³/mol. The van der Waals surface area contributed by atoms with Gasteiger partial charge >= 0.3 is 0 Å². The van der Waals surface area contributed by atoms with Crippen LogP contribution < -0.4 is 5.32 Å². The minimum atomic E-state index is 0.695. The maximum atomic E-state index is 6.39. The van der Waals surface area contributed by atoms with Gasteiger partial charge in [0.25, 0.3) is 0 Å². The number of hydrogen-bond donors (Lipinski definition) is 1. The van der Waals surface area contributed by atoms with Crippen LogP contribution in [0.2, 0.25) is 5.02 Å². The van der Waals surface area contributed by atoms with Crippen LogP contribution in [0.3, 0.4) is 0 Å². The number of halogens is 1. The fraction of sp³-hybridized carbons (Fsp3) is 0.562. The molecule has 4 nitrogen and oxygen atoms in total. The molecular formula is C16H22ClN3O. The molecule has 1 saturated carbocycles. The molecule has 0 spiro atoms. The standard InChI is InChI=1S/C16H22ClN3O/c1-21-9-3-2-8-20-11-12(10-19-13-4-5-13)15-14(17)6-7-18-16(15)20/h6-7,11,13,19H,2-5,8-10H2,1H3. The number of hydrogen-bond acceptors (Lipinski definition) is 3. The second kappa shape index (κ2) is 6.77. The van der Waals surface area contributed by atoms with E-state index in [1.165, 1.54) is 18.4 Å². The van der Waals surface area contributed by atoms with Gasteiger partial charge in [-0.3, -0.25) is 0 Å². The van der Waals surface area contributed by atoms with Crippen molar-refractivity contribution in [3.63, 3.8) is 0 Å². The Kier molecular flexibility index (Phi) is 4.78. The minimum Gasteiger partial charge on any atom is -0.385 e. The summed E-state index contributed by atoms with van der Waals surface area (Å²) in [6, 6.07) is 2.57. The van der Waals surface area contributed by atoms with Crippen molar-refractivity contribution in [3.05, 3.63) is 29.0 Å². The number of aryl methyl sites for hydroxylation is 1. The Morgan fingerprint density at radius 2 is 2.29 bits per heavy atom. The van der Waals surface area contributed by atoms with Crippen molar-refractivity contribution in [1.82, 2.24) is 14.9 Å². The molecule has 1 aliphatic carbocycles. The van der Waals surface area contributed by atoms with Crippen molar-refractivity contribution in [2.45, 2.75) is 44.8 Å². The van der Waals surface area contributed by atoms with Crippen LogP contribution in [0.1, 0.15) is 31.2 Å². The molecule has 0 amide bonds. The number of aromatic nitrogens is 2. The van der Waals surface area contributed by atoms with Crippen molar-refractivity contribution in [3.8, 4) is 0 Å². The molecule has 2 heterocycles. The van der Waals surface area contributed by atoms with Crippen molar-refractivity contribution in [2.75, 3.05) is 13.7 Å². The van der Waals surface area contributed by atoms with E-state index >= 15 is 0 Å². The lowest BCUT2D eigenvalue weighted by atomic mass is 10.2. The van der Waals surface area contributed by atoms with Gasteiger partial charge in [-0.15, -0.1) is 0 Å². The molecule has 5 heteroatoms. The van der Waals surface area contributed by atoms with Gasteiger partial charge in [-0.05, 0) is 37.3 Å². The number of nitrogens with zero attached hydrogens (tertiary/aromatic N) is 2. The predicted octanol–water partition coefficient (Wildman–Crippen LogP) is 3.37. The highest BCUT2D eigenvalue weighted by molar-refractivity contribution is 6.35. The van der Waals surface area contributed by atoms with Crippen LogP contribution in [-0.4, -0.2) is 29.3 Å². The highest BCUT2D eigenvalue weighted by Crippen LogP contribution is 2.28. The Bertz CT molecular complexity index is 607. The SMILES string of the molecule is COCCCCn1cc(CNC2CC2)c2c(Cl)ccnc21. The van der Waals surface area contributed by atoms with Crippen LogP contribution >= 0.6 is 11.6 Å². The number of unbranched alkanes of at least 4 members (excludes halogenated alkanes) is 1. The van der Waals surface area contributed by atoms with E-state index < -0.39 is 0 Å². The number of pyridine rings is 1. The van der Waals surface area contributed by atoms with Crippen LogP contribution in [0.25, 0.3) is 11.0 Å². The van der Waals surface area contributed by atoms with Crippen molar-refractivity contribution >= 4 is 22.6 Å². The van der Waals surface area contributed by atoms with Gasteiger partial charge in [0.2, 0.25) is 0 Å². The maximum Gasteiger partial charge on any atom is 0.141 e. The molecule has 2 aromatic rings. The molecule has 0 aromatic carbocycles. The Labute approximate surface area is 130 Å². The zero-order valence-corrected chi connectivity index (χ0v) is 13.2. The fourth-order valence-corrected chi connectivity index (χ4v) is 2.89. The first-order chi connectivity index (χ1) is 10.3. The minimum absolute atomic E-state index is 0.695. The first-order valence-corrected chi connectivity index (χ1v) is 8.02. The molecule has 0 aliphatic heterocycles. The van der Waals surface area contributed by atoms with Gasteiger partial charge in [-0.25, -0.2) is 4.98 Å². The molecule has 0 atom stereocenters. The quantitative estimate of drug-likeness (QED) is 0.760. The summed E-state index contributed by atoms with van der Waals surface area (Å²) >= 11 is 6.39. The lowest BCUT2D eigenvalue weighted by molar-refractivity contribution is 0.191. The van der Waals surface area contributed by atoms with Crippen molar-refractivity contribution < 1.29 is 4.74 Å². The van der Waals surface area contributed by atoms with Gasteiger partial charge < -0.3 is 14.6 Å². The zero-order valence-electron chi connectivity index (χ0n) is 12.4. The van der Waals surface area contributed by atoms with Crippen LogP contribution in [0.4, 0.5) is 0 Å². The molecule has 2 aromatic heterocycles. The van der Waals surface area contributed by atoms with Gasteiger partial charge in [-0.2, -0.15) is 0 Å². The monoisotopic (exact) mass is 307 g/mol. The fourth-order valence-electron chi connectivity index (χ4n) is 2.63. The number of fused-ring (bicyclic) bond motifs is 1. The van der Waals surface area contributed by atoms with E-state index in [0.717, 1.165) is 48.6 Å². The summed E-state index contributed by atoms with van der Waals surface area (Å²) in [5.41, 5.74) is 2.24. The van der Waals surface area contributed by atoms with Crippen LogP contribution in [0.15, 0.2) is 18.5 Å². The third-order valence-electron chi connectivity index (χ3n) is 3.94. The summed E-state index contributed by atoms with van der Waals surface area (Å²) in [7, 11) is 1.74. The number of rotatable bonds is 8. The molecule has 21 heavy (non-hydrogen) atoms. The molecule has 0 unspecified atom stereocenters. The summed E-state index contributed by atoms with van der Waals surface area (Å²) in [4.78, 5) is 4.52. The van der Waals surface area contributed by atoms with Gasteiger partial charge in [-0.1, -0.05) is 11.6 Å². The van der Waals surface area contributed by atoms with Crippen molar-refractivity contribution in [1.29, 1.82) is 0 Å². The highest BCUT2D eigenvalue weighted by atomic mass is 35.5. The second-order valence-corrected chi connectivity index (χ2v) is 6.10. The molecule has 1 N–H and O–H groups in total. The number of nitrogens with one attached hydrogen (secondary N) is 1. The van der Waals surface area contributed by atoms with Crippen LogP contribution in [0, 0.1) is 0 Å². The highest BCUT2D eigenvalue weighted by Gasteiger charge is 2.21. The Hall–Kier alpha value is -1.10. The van der Waals surface area contributed by atoms with Gasteiger partial charge in [0, 0.05) is 50.6 Å². The molecule has 1 fully saturated rings. The molecular weight excluding hydrogens is 286 g/mol. The second-order valence-electron chi connectivity index (χ2n) is 5.69. The summed E-state index contributed by atoms with van der Waals surface area (Å²) in [5, 5.41) is 5.45. The molecule has 0 bridgehead atoms. The average Bonchev–Trinajstić information content (AvgIpc) is 3.24. The van der Waals surface area contributed by atoms with Crippen LogP contribution in [-0.2, 0) is 17.8 Å². The number of methoxy groups -OCH3 is 1. The van der Waals surface area contributed by atoms with Gasteiger partial charge in [0.05, 0.1) is 5.02 Å². The van der Waals surface area contributed by atoms with E-state index in [0.29, 0.717) is 6.04 Å². The molecule has 3 rings (SSSR count). The molecule has 0 saturated heterocycles. The Balaban J connectivity index is 1.79. The largest absolute Gasteiger partial charge is 0.385 e. The zero-order chi connectivity index (χ0) is 14.7. The molecule has 1 aliphatic rings. The third-order valence-corrected chi connectivity index (χ3v) is 4.26. The first kappa shape index (κ1) is 14.8. The smallest absolute Gasteiger partial charge is 0.141 e.